The van der Waals surface area contributed by atoms with Crippen molar-refractivity contribution in [3.8, 4) is 5.75 Å². The molecule has 1 aromatic carbocycles. The van der Waals surface area contributed by atoms with Crippen LogP contribution in [0.5, 0.6) is 5.75 Å². The minimum absolute atomic E-state index is 0.0366. The van der Waals surface area contributed by atoms with Crippen molar-refractivity contribution in [2.75, 3.05) is 18.5 Å². The number of fused-ring (bicyclic) bond motifs is 1. The van der Waals surface area contributed by atoms with Crippen LogP contribution in [0.1, 0.15) is 18.9 Å². The number of benzene rings is 1. The highest BCUT2D eigenvalue weighted by atomic mass is 16.5. The number of rotatable bonds is 10. The van der Waals surface area contributed by atoms with Crippen molar-refractivity contribution >= 4 is 23.1 Å². The van der Waals surface area contributed by atoms with Crippen molar-refractivity contribution in [1.29, 1.82) is 0 Å². The largest absolute Gasteiger partial charge is 0.491 e. The number of aliphatic hydroxyl groups excluding tert-OH is 1. The van der Waals surface area contributed by atoms with Gasteiger partial charge >= 0.3 is 11.7 Å². The van der Waals surface area contributed by atoms with Gasteiger partial charge in [0.15, 0.2) is 11.2 Å². The highest BCUT2D eigenvalue weighted by molar-refractivity contribution is 5.74. The number of aliphatic hydroxyl groups is 1. The molecule has 1 atom stereocenters. The zero-order valence-corrected chi connectivity index (χ0v) is 17.3. The quantitative estimate of drug-likeness (QED) is 0.358. The summed E-state index contributed by atoms with van der Waals surface area (Å²) in [6.07, 6.45) is -0.315. The summed E-state index contributed by atoms with van der Waals surface area (Å²) in [5.41, 5.74) is 0.0341. The van der Waals surface area contributed by atoms with Crippen molar-refractivity contribution in [2.24, 2.45) is 7.05 Å². The number of H-pyrrole nitrogens is 1. The Balaban J connectivity index is 1.85. The van der Waals surface area contributed by atoms with Crippen molar-refractivity contribution < 1.29 is 19.7 Å². The molecule has 0 saturated heterocycles. The summed E-state index contributed by atoms with van der Waals surface area (Å²) in [4.78, 5) is 41.6. The molecule has 0 unspecified atom stereocenters. The number of hydrogen-bond donors (Lipinski definition) is 4. The molecule has 0 bridgehead atoms. The number of carboxylic acid groups (broad SMARTS) is 1. The molecule has 0 aliphatic heterocycles. The van der Waals surface area contributed by atoms with E-state index in [2.05, 4.69) is 15.3 Å². The molecule has 2 aromatic heterocycles. The van der Waals surface area contributed by atoms with Crippen LogP contribution in [0.25, 0.3) is 11.2 Å². The molecule has 0 amide bonds. The number of ether oxygens (including phenoxy) is 1. The van der Waals surface area contributed by atoms with Gasteiger partial charge < -0.3 is 24.8 Å². The smallest absolute Gasteiger partial charge is 0.329 e. The van der Waals surface area contributed by atoms with E-state index in [9.17, 15) is 19.5 Å². The second-order valence-electron chi connectivity index (χ2n) is 7.07. The van der Waals surface area contributed by atoms with Gasteiger partial charge in [0.1, 0.15) is 18.5 Å². The lowest BCUT2D eigenvalue weighted by atomic mass is 10.2. The number of aromatic nitrogens is 4. The van der Waals surface area contributed by atoms with Gasteiger partial charge in [-0.25, -0.2) is 4.79 Å². The number of imidazole rings is 1. The molecule has 166 valence electrons. The van der Waals surface area contributed by atoms with Crippen LogP contribution in [0.3, 0.4) is 0 Å². The molecule has 0 aliphatic carbocycles. The van der Waals surface area contributed by atoms with Crippen LogP contribution in [0.4, 0.5) is 5.95 Å². The van der Waals surface area contributed by atoms with Crippen LogP contribution in [-0.4, -0.2) is 54.5 Å². The Hall–Kier alpha value is -3.60. The van der Waals surface area contributed by atoms with Gasteiger partial charge in [-0.1, -0.05) is 19.1 Å². The number of aryl methyl sites for hydroxylation is 2. The molecular formula is C20H25N5O6. The maximum atomic E-state index is 12.4. The second kappa shape index (κ2) is 9.47. The van der Waals surface area contributed by atoms with Crippen LogP contribution in [0, 0.1) is 0 Å². The Bertz CT molecular complexity index is 1190. The number of aromatic amines is 1. The SMILES string of the molecule is CCc1cccc(OC[C@H](O)Cn2c(NCCC(=O)O)nc3c2c(=O)[nH]c(=O)n3C)c1. The summed E-state index contributed by atoms with van der Waals surface area (Å²) in [6, 6.07) is 7.53. The summed E-state index contributed by atoms with van der Waals surface area (Å²) in [6.45, 7) is 1.99. The number of carbonyl (C=O) groups is 1. The standard InChI is InChI=1S/C20H25N5O6/c1-3-12-5-4-6-14(9-12)31-11-13(26)10-25-16-17(24(2)20(30)23-18(16)29)22-19(25)21-8-7-15(27)28/h4-6,9,13,26H,3,7-8,10-11H2,1-2H3,(H,21,22)(H,27,28)(H,23,29,30)/t13-/m1/s1. The second-order valence-corrected chi connectivity index (χ2v) is 7.07. The average Bonchev–Trinajstić information content (AvgIpc) is 3.09. The van der Waals surface area contributed by atoms with Gasteiger partial charge in [0.25, 0.3) is 5.56 Å². The van der Waals surface area contributed by atoms with Gasteiger partial charge in [-0.15, -0.1) is 0 Å². The van der Waals surface area contributed by atoms with Crippen molar-refractivity contribution in [3.63, 3.8) is 0 Å². The fourth-order valence-corrected chi connectivity index (χ4v) is 3.14. The molecule has 4 N–H and O–H groups in total. The fraction of sp³-hybridized carbons (Fsp3) is 0.400. The highest BCUT2D eigenvalue weighted by Crippen LogP contribution is 2.17. The Labute approximate surface area is 176 Å². The van der Waals surface area contributed by atoms with Crippen LogP contribution in [0.2, 0.25) is 0 Å². The van der Waals surface area contributed by atoms with Crippen LogP contribution >= 0.6 is 0 Å². The first-order valence-electron chi connectivity index (χ1n) is 9.85. The van der Waals surface area contributed by atoms with Crippen LogP contribution < -0.4 is 21.3 Å². The van der Waals surface area contributed by atoms with Crippen molar-refractivity contribution in [1.82, 2.24) is 19.1 Å². The maximum absolute atomic E-state index is 12.4. The molecule has 0 fully saturated rings. The molecule has 11 heteroatoms. The molecule has 0 aliphatic rings. The van der Waals surface area contributed by atoms with Crippen molar-refractivity contribution in [3.05, 3.63) is 50.7 Å². The lowest BCUT2D eigenvalue weighted by Crippen LogP contribution is -2.31. The Morgan fingerprint density at radius 3 is 2.84 bits per heavy atom. The molecule has 2 heterocycles. The summed E-state index contributed by atoms with van der Waals surface area (Å²) in [5, 5.41) is 22.3. The fourth-order valence-electron chi connectivity index (χ4n) is 3.14. The van der Waals surface area contributed by atoms with E-state index in [4.69, 9.17) is 9.84 Å². The molecule has 0 radical (unpaired) electrons. The Morgan fingerprint density at radius 1 is 1.35 bits per heavy atom. The monoisotopic (exact) mass is 431 g/mol. The van der Waals surface area contributed by atoms with E-state index in [1.165, 1.54) is 16.2 Å². The van der Waals surface area contributed by atoms with E-state index in [0.29, 0.717) is 5.75 Å². The van der Waals surface area contributed by atoms with E-state index in [1.807, 2.05) is 25.1 Å². The van der Waals surface area contributed by atoms with E-state index in [-0.39, 0.29) is 43.2 Å². The first-order chi connectivity index (χ1) is 14.8. The summed E-state index contributed by atoms with van der Waals surface area (Å²) in [5.74, 6) is -0.202. The van der Waals surface area contributed by atoms with E-state index >= 15 is 0 Å². The number of aliphatic carboxylic acids is 1. The molecule has 11 nitrogen and oxygen atoms in total. The Morgan fingerprint density at radius 2 is 2.13 bits per heavy atom. The number of anilines is 1. The predicted octanol–water partition coefficient (Wildman–Crippen LogP) is 0.312. The minimum atomic E-state index is -1.00. The van der Waals surface area contributed by atoms with Gasteiger partial charge in [-0.3, -0.25) is 19.1 Å². The third-order valence-electron chi connectivity index (χ3n) is 4.77. The third kappa shape index (κ3) is 5.12. The zero-order valence-electron chi connectivity index (χ0n) is 17.3. The van der Waals surface area contributed by atoms with E-state index < -0.39 is 23.3 Å². The average molecular weight is 431 g/mol. The van der Waals surface area contributed by atoms with Crippen LogP contribution in [0.15, 0.2) is 33.9 Å². The van der Waals surface area contributed by atoms with Gasteiger partial charge in [-0.2, -0.15) is 4.98 Å². The molecule has 3 rings (SSSR count). The first kappa shape index (κ1) is 22.1. The molecule has 0 saturated carbocycles. The summed E-state index contributed by atoms with van der Waals surface area (Å²) >= 11 is 0. The minimum Gasteiger partial charge on any atom is -0.491 e. The van der Waals surface area contributed by atoms with Gasteiger partial charge in [0, 0.05) is 13.6 Å². The molecular weight excluding hydrogens is 406 g/mol. The topological polar surface area (TPSA) is 151 Å². The highest BCUT2D eigenvalue weighted by Gasteiger charge is 2.20. The lowest BCUT2D eigenvalue weighted by Gasteiger charge is -2.16. The van der Waals surface area contributed by atoms with Crippen molar-refractivity contribution in [2.45, 2.75) is 32.4 Å². The van der Waals surface area contributed by atoms with E-state index in [1.54, 1.807) is 6.07 Å². The van der Waals surface area contributed by atoms with Gasteiger partial charge in [0.2, 0.25) is 5.95 Å². The molecule has 0 spiro atoms. The lowest BCUT2D eigenvalue weighted by molar-refractivity contribution is -0.136. The van der Waals surface area contributed by atoms with Crippen LogP contribution in [-0.2, 0) is 24.8 Å². The summed E-state index contributed by atoms with van der Waals surface area (Å²) < 4.78 is 8.27. The number of carboxylic acids is 1. The molecule has 3 aromatic rings. The number of nitrogens with one attached hydrogen (secondary N) is 2. The third-order valence-corrected chi connectivity index (χ3v) is 4.77. The number of hydrogen-bond acceptors (Lipinski definition) is 7. The maximum Gasteiger partial charge on any atom is 0.329 e. The first-order valence-corrected chi connectivity index (χ1v) is 9.85. The predicted molar refractivity (Wildman–Crippen MR) is 114 cm³/mol. The Kier molecular flexibility index (Phi) is 6.75. The van der Waals surface area contributed by atoms with Gasteiger partial charge in [0.05, 0.1) is 13.0 Å². The normalized spacial score (nSPS) is 12.1. The van der Waals surface area contributed by atoms with Gasteiger partial charge in [-0.05, 0) is 24.1 Å². The number of nitrogens with zero attached hydrogens (tertiary/aromatic N) is 3. The molecule has 31 heavy (non-hydrogen) atoms. The zero-order chi connectivity index (χ0) is 22.5. The van der Waals surface area contributed by atoms with E-state index in [0.717, 1.165) is 12.0 Å². The summed E-state index contributed by atoms with van der Waals surface area (Å²) in [7, 11) is 1.46.